The van der Waals surface area contributed by atoms with Crippen molar-refractivity contribution in [3.05, 3.63) is 35.9 Å². The Kier molecular flexibility index (Phi) is 6.96. The van der Waals surface area contributed by atoms with Gasteiger partial charge in [-0.15, -0.1) is 11.8 Å². The predicted molar refractivity (Wildman–Crippen MR) is 106 cm³/mol. The zero-order valence-electron chi connectivity index (χ0n) is 15.9. The second-order valence-electron chi connectivity index (χ2n) is 7.14. The summed E-state index contributed by atoms with van der Waals surface area (Å²) < 4.78 is 4.93. The van der Waals surface area contributed by atoms with Crippen molar-refractivity contribution in [2.75, 3.05) is 12.9 Å². The number of aryl methyl sites for hydroxylation is 1. The summed E-state index contributed by atoms with van der Waals surface area (Å²) in [7, 11) is 1.34. The number of hydrogen-bond acceptors (Lipinski definition) is 6. The standard InChI is InChI=1S/C20H26N2O5S/c1-27-20(26)15(11-10-13-6-3-2-4-7-13)21-14-8-5-9-17-22(18(14)23)16(12-28-17)19(24)25/h2-4,6-7,14-17,21H,5,8-12H2,1H3,(H,24,25)/t14-,15?,16-,17-/m0/s1. The quantitative estimate of drug-likeness (QED) is 0.665. The highest BCUT2D eigenvalue weighted by molar-refractivity contribution is 8.00. The van der Waals surface area contributed by atoms with E-state index < -0.39 is 30.1 Å². The van der Waals surface area contributed by atoms with Gasteiger partial charge in [0.1, 0.15) is 12.1 Å². The van der Waals surface area contributed by atoms with E-state index in [1.165, 1.54) is 23.8 Å². The Morgan fingerprint density at radius 1 is 1.32 bits per heavy atom. The molecule has 2 fully saturated rings. The first-order valence-corrected chi connectivity index (χ1v) is 10.6. The first-order chi connectivity index (χ1) is 13.5. The normalized spacial score (nSPS) is 25.7. The number of thioether (sulfide) groups is 1. The zero-order chi connectivity index (χ0) is 20.1. The van der Waals surface area contributed by atoms with Crippen LogP contribution < -0.4 is 5.32 Å². The van der Waals surface area contributed by atoms with Crippen LogP contribution in [0.4, 0.5) is 0 Å². The number of carboxylic acid groups (broad SMARTS) is 1. The average Bonchev–Trinajstić information content (AvgIpc) is 3.07. The van der Waals surface area contributed by atoms with Gasteiger partial charge in [-0.3, -0.25) is 14.9 Å². The van der Waals surface area contributed by atoms with E-state index in [0.29, 0.717) is 25.0 Å². The topological polar surface area (TPSA) is 95.9 Å². The van der Waals surface area contributed by atoms with E-state index in [-0.39, 0.29) is 11.3 Å². The minimum Gasteiger partial charge on any atom is -0.480 e. The number of carbonyl (C=O) groups is 3. The Labute approximate surface area is 168 Å². The highest BCUT2D eigenvalue weighted by atomic mass is 32.2. The lowest BCUT2D eigenvalue weighted by molar-refractivity contribution is -0.150. The summed E-state index contributed by atoms with van der Waals surface area (Å²) in [6.45, 7) is 0. The van der Waals surface area contributed by atoms with Gasteiger partial charge >= 0.3 is 11.9 Å². The fraction of sp³-hybridized carbons (Fsp3) is 0.550. The summed E-state index contributed by atoms with van der Waals surface area (Å²) in [4.78, 5) is 38.4. The molecule has 1 unspecified atom stereocenters. The van der Waals surface area contributed by atoms with Gasteiger partial charge in [-0.05, 0) is 37.7 Å². The second kappa shape index (κ2) is 9.43. The third kappa shape index (κ3) is 4.67. The van der Waals surface area contributed by atoms with Crippen LogP contribution in [0.25, 0.3) is 0 Å². The lowest BCUT2D eigenvalue weighted by Crippen LogP contribution is -2.55. The molecule has 8 heteroatoms. The van der Waals surface area contributed by atoms with Crippen LogP contribution in [0.2, 0.25) is 0 Å². The zero-order valence-corrected chi connectivity index (χ0v) is 16.7. The molecule has 0 spiro atoms. The Morgan fingerprint density at radius 2 is 2.07 bits per heavy atom. The third-order valence-corrected chi connectivity index (χ3v) is 6.68. The molecule has 7 nitrogen and oxygen atoms in total. The minimum atomic E-state index is -0.974. The Balaban J connectivity index is 1.71. The van der Waals surface area contributed by atoms with E-state index in [2.05, 4.69) is 5.32 Å². The molecule has 0 aromatic heterocycles. The number of aliphatic carboxylic acids is 1. The van der Waals surface area contributed by atoms with Crippen molar-refractivity contribution in [1.82, 2.24) is 10.2 Å². The molecular formula is C20H26N2O5S. The van der Waals surface area contributed by atoms with Crippen LogP contribution in [0.15, 0.2) is 30.3 Å². The van der Waals surface area contributed by atoms with E-state index in [0.717, 1.165) is 18.4 Å². The maximum Gasteiger partial charge on any atom is 0.327 e. The lowest BCUT2D eigenvalue weighted by Gasteiger charge is -2.29. The van der Waals surface area contributed by atoms with Crippen molar-refractivity contribution in [2.45, 2.75) is 55.6 Å². The summed E-state index contributed by atoms with van der Waals surface area (Å²) in [6, 6.07) is 7.82. The van der Waals surface area contributed by atoms with Crippen molar-refractivity contribution in [2.24, 2.45) is 0 Å². The highest BCUT2D eigenvalue weighted by Gasteiger charge is 2.45. The molecule has 152 valence electrons. The summed E-state index contributed by atoms with van der Waals surface area (Å²) in [6.07, 6.45) is 3.33. The number of benzene rings is 1. The molecule has 2 aliphatic rings. The second-order valence-corrected chi connectivity index (χ2v) is 8.35. The summed E-state index contributed by atoms with van der Waals surface area (Å²) in [5, 5.41) is 12.5. The van der Waals surface area contributed by atoms with Crippen molar-refractivity contribution >= 4 is 29.6 Å². The van der Waals surface area contributed by atoms with Crippen molar-refractivity contribution < 1.29 is 24.2 Å². The van der Waals surface area contributed by atoms with Gasteiger partial charge in [-0.25, -0.2) is 4.79 Å². The number of carboxylic acids is 1. The molecule has 0 aliphatic carbocycles. The van der Waals surface area contributed by atoms with Crippen LogP contribution in [0.1, 0.15) is 31.2 Å². The van der Waals surface area contributed by atoms with Crippen molar-refractivity contribution in [3.63, 3.8) is 0 Å². The van der Waals surface area contributed by atoms with Gasteiger partial charge in [-0.2, -0.15) is 0 Å². The van der Waals surface area contributed by atoms with E-state index in [1.807, 2.05) is 30.3 Å². The fourth-order valence-corrected chi connectivity index (χ4v) is 5.29. The molecule has 4 atom stereocenters. The van der Waals surface area contributed by atoms with Gasteiger partial charge in [0.2, 0.25) is 5.91 Å². The molecule has 1 aromatic rings. The highest BCUT2D eigenvalue weighted by Crippen LogP contribution is 2.35. The molecule has 3 rings (SSSR count). The third-order valence-electron chi connectivity index (χ3n) is 5.33. The van der Waals surface area contributed by atoms with Crippen LogP contribution in [-0.2, 0) is 25.5 Å². The molecule has 0 radical (unpaired) electrons. The van der Waals surface area contributed by atoms with E-state index >= 15 is 0 Å². The number of methoxy groups -OCH3 is 1. The molecular weight excluding hydrogens is 380 g/mol. The molecule has 0 saturated carbocycles. The number of ether oxygens (including phenoxy) is 1. The van der Waals surface area contributed by atoms with Crippen molar-refractivity contribution in [3.8, 4) is 0 Å². The molecule has 0 bridgehead atoms. The smallest absolute Gasteiger partial charge is 0.327 e. The molecule has 2 aliphatic heterocycles. The van der Waals surface area contributed by atoms with Crippen LogP contribution >= 0.6 is 11.8 Å². The maximum atomic E-state index is 13.1. The Bertz CT molecular complexity index is 714. The van der Waals surface area contributed by atoms with Gasteiger partial charge in [0.15, 0.2) is 0 Å². The molecule has 2 heterocycles. The van der Waals surface area contributed by atoms with Crippen LogP contribution in [0, 0.1) is 0 Å². The number of carbonyl (C=O) groups excluding carboxylic acids is 2. The lowest BCUT2D eigenvalue weighted by atomic mass is 10.0. The Morgan fingerprint density at radius 3 is 2.75 bits per heavy atom. The number of hydrogen-bond donors (Lipinski definition) is 2. The van der Waals surface area contributed by atoms with E-state index in [9.17, 15) is 19.5 Å². The first-order valence-electron chi connectivity index (χ1n) is 9.55. The van der Waals surface area contributed by atoms with Gasteiger partial charge < -0.3 is 14.7 Å². The summed E-state index contributed by atoms with van der Waals surface area (Å²) in [5.74, 6) is -1.20. The monoisotopic (exact) mass is 406 g/mol. The van der Waals surface area contributed by atoms with Crippen LogP contribution in [-0.4, -0.2) is 64.2 Å². The summed E-state index contributed by atoms with van der Waals surface area (Å²) in [5.41, 5.74) is 1.10. The van der Waals surface area contributed by atoms with Gasteiger partial charge in [-0.1, -0.05) is 30.3 Å². The van der Waals surface area contributed by atoms with Gasteiger partial charge in [0.25, 0.3) is 0 Å². The Hall–Kier alpha value is -2.06. The molecule has 1 amide bonds. The molecule has 1 aromatic carbocycles. The molecule has 2 N–H and O–H groups in total. The first kappa shape index (κ1) is 20.7. The largest absolute Gasteiger partial charge is 0.480 e. The average molecular weight is 407 g/mol. The van der Waals surface area contributed by atoms with Gasteiger partial charge in [0.05, 0.1) is 18.5 Å². The number of nitrogens with zero attached hydrogens (tertiary/aromatic N) is 1. The van der Waals surface area contributed by atoms with Crippen LogP contribution in [0.5, 0.6) is 0 Å². The van der Waals surface area contributed by atoms with E-state index in [1.54, 1.807) is 0 Å². The van der Waals surface area contributed by atoms with Gasteiger partial charge in [0, 0.05) is 5.75 Å². The maximum absolute atomic E-state index is 13.1. The number of esters is 1. The van der Waals surface area contributed by atoms with Crippen molar-refractivity contribution in [1.29, 1.82) is 0 Å². The molecule has 2 saturated heterocycles. The number of nitrogens with one attached hydrogen (secondary N) is 1. The molecule has 28 heavy (non-hydrogen) atoms. The van der Waals surface area contributed by atoms with Crippen LogP contribution in [0.3, 0.4) is 0 Å². The minimum absolute atomic E-state index is 0.0960. The fourth-order valence-electron chi connectivity index (χ4n) is 3.84. The van der Waals surface area contributed by atoms with E-state index in [4.69, 9.17) is 4.74 Å². The number of amides is 1. The number of fused-ring (bicyclic) bond motifs is 1. The SMILES string of the molecule is COC(=O)C(CCc1ccccc1)N[C@H]1CCC[C@@H]2SC[C@@H](C(=O)O)N2C1=O. The number of rotatable bonds is 7. The predicted octanol–water partition coefficient (Wildman–Crippen LogP) is 1.66. The summed E-state index contributed by atoms with van der Waals surface area (Å²) >= 11 is 1.52.